The molecule has 1 aromatic carbocycles. The van der Waals surface area contributed by atoms with E-state index in [2.05, 4.69) is 0 Å². The monoisotopic (exact) mass is 331 g/mol. The van der Waals surface area contributed by atoms with Gasteiger partial charge in [-0.1, -0.05) is 25.0 Å². The molecule has 2 aliphatic carbocycles. The molecule has 0 N–H and O–H groups in total. The molecule has 24 heavy (non-hydrogen) atoms. The summed E-state index contributed by atoms with van der Waals surface area (Å²) in [6.45, 7) is 1.34. The van der Waals surface area contributed by atoms with E-state index in [9.17, 15) is 4.79 Å². The van der Waals surface area contributed by atoms with E-state index in [1.807, 2.05) is 36.2 Å². The van der Waals surface area contributed by atoms with Crippen molar-refractivity contribution in [2.75, 3.05) is 27.3 Å². The minimum Gasteiger partial charge on any atom is -0.493 e. The molecule has 0 saturated heterocycles. The summed E-state index contributed by atoms with van der Waals surface area (Å²) in [7, 11) is 3.58. The Labute approximate surface area is 145 Å². The fraction of sp³-hybridized carbons (Fsp3) is 0.650. The van der Waals surface area contributed by atoms with Crippen molar-refractivity contribution in [1.29, 1.82) is 0 Å². The maximum atomic E-state index is 12.7. The van der Waals surface area contributed by atoms with Crippen molar-refractivity contribution in [2.24, 2.45) is 17.8 Å². The first-order chi connectivity index (χ1) is 11.7. The van der Waals surface area contributed by atoms with Crippen LogP contribution in [-0.4, -0.2) is 38.1 Å². The van der Waals surface area contributed by atoms with Gasteiger partial charge < -0.3 is 14.4 Å². The average Bonchev–Trinajstić information content (AvgIpc) is 3.21. The van der Waals surface area contributed by atoms with Crippen molar-refractivity contribution in [2.45, 2.75) is 38.5 Å². The van der Waals surface area contributed by atoms with Crippen molar-refractivity contribution in [1.82, 2.24) is 4.90 Å². The van der Waals surface area contributed by atoms with Gasteiger partial charge in [0.1, 0.15) is 0 Å². The van der Waals surface area contributed by atoms with E-state index in [0.717, 1.165) is 36.8 Å². The second-order valence-corrected chi connectivity index (χ2v) is 7.15. The van der Waals surface area contributed by atoms with Gasteiger partial charge >= 0.3 is 0 Å². The molecule has 0 radical (unpaired) electrons. The maximum Gasteiger partial charge on any atom is 0.225 e. The molecule has 0 aliphatic heterocycles. The minimum atomic E-state index is 0.276. The van der Waals surface area contributed by atoms with Crippen LogP contribution in [0.25, 0.3) is 0 Å². The van der Waals surface area contributed by atoms with Crippen LogP contribution in [0, 0.1) is 17.8 Å². The van der Waals surface area contributed by atoms with Gasteiger partial charge in [0.05, 0.1) is 13.7 Å². The summed E-state index contributed by atoms with van der Waals surface area (Å²) >= 11 is 0. The van der Waals surface area contributed by atoms with Crippen LogP contribution < -0.4 is 9.47 Å². The molecular formula is C20H29NO3. The first-order valence-electron chi connectivity index (χ1n) is 9.21. The summed E-state index contributed by atoms with van der Waals surface area (Å²) in [5.41, 5.74) is 0. The van der Waals surface area contributed by atoms with E-state index in [-0.39, 0.29) is 5.92 Å². The number of para-hydroxylation sites is 2. The summed E-state index contributed by atoms with van der Waals surface area (Å²) in [5, 5.41) is 0. The minimum absolute atomic E-state index is 0.276. The second-order valence-electron chi connectivity index (χ2n) is 7.15. The van der Waals surface area contributed by atoms with Gasteiger partial charge in [0.15, 0.2) is 11.5 Å². The van der Waals surface area contributed by atoms with Crippen molar-refractivity contribution in [3.8, 4) is 11.5 Å². The van der Waals surface area contributed by atoms with Gasteiger partial charge in [-0.25, -0.2) is 0 Å². The lowest BCUT2D eigenvalue weighted by Gasteiger charge is -2.25. The topological polar surface area (TPSA) is 38.8 Å². The van der Waals surface area contributed by atoms with Crippen LogP contribution in [-0.2, 0) is 4.79 Å². The van der Waals surface area contributed by atoms with Crippen molar-refractivity contribution in [3.05, 3.63) is 24.3 Å². The fourth-order valence-electron chi connectivity index (χ4n) is 4.48. The van der Waals surface area contributed by atoms with E-state index < -0.39 is 0 Å². The van der Waals surface area contributed by atoms with Crippen LogP contribution in [0.1, 0.15) is 38.5 Å². The van der Waals surface area contributed by atoms with Crippen LogP contribution in [0.4, 0.5) is 0 Å². The normalized spacial score (nSPS) is 25.3. The van der Waals surface area contributed by atoms with Gasteiger partial charge in [-0.3, -0.25) is 4.79 Å². The van der Waals surface area contributed by atoms with Gasteiger partial charge in [-0.15, -0.1) is 0 Å². The third kappa shape index (κ3) is 3.68. The lowest BCUT2D eigenvalue weighted by atomic mass is 9.91. The van der Waals surface area contributed by atoms with E-state index in [1.54, 1.807) is 7.11 Å². The summed E-state index contributed by atoms with van der Waals surface area (Å²) in [4.78, 5) is 14.6. The summed E-state index contributed by atoms with van der Waals surface area (Å²) < 4.78 is 11.1. The fourth-order valence-corrected chi connectivity index (χ4v) is 4.48. The maximum absolute atomic E-state index is 12.7. The number of ether oxygens (including phenoxy) is 2. The number of benzene rings is 1. The van der Waals surface area contributed by atoms with Crippen LogP contribution >= 0.6 is 0 Å². The Bertz CT molecular complexity index is 560. The number of hydrogen-bond acceptors (Lipinski definition) is 3. The molecule has 0 aromatic heterocycles. The molecule has 2 saturated carbocycles. The lowest BCUT2D eigenvalue weighted by Crippen LogP contribution is -2.36. The predicted octanol–water partition coefficient (Wildman–Crippen LogP) is 3.75. The molecule has 3 rings (SSSR count). The summed E-state index contributed by atoms with van der Waals surface area (Å²) in [5.74, 6) is 3.61. The lowest BCUT2D eigenvalue weighted by molar-refractivity contribution is -0.135. The standard InChI is InChI=1S/C20H29NO3/c1-21(20(22)17-12-11-15-7-5-8-16(15)17)13-6-14-24-19-10-4-3-9-18(19)23-2/h3-4,9-10,15-17H,5-8,11-14H2,1-2H3/t15-,16-,17-/m0/s1. The van der Waals surface area contributed by atoms with Gasteiger partial charge in [-0.05, 0) is 49.7 Å². The first-order valence-corrected chi connectivity index (χ1v) is 9.21. The van der Waals surface area contributed by atoms with Gasteiger partial charge in [0.2, 0.25) is 5.91 Å². The molecule has 0 heterocycles. The number of amides is 1. The Morgan fingerprint density at radius 2 is 1.96 bits per heavy atom. The number of nitrogens with zero attached hydrogens (tertiary/aromatic N) is 1. The van der Waals surface area contributed by atoms with Crippen LogP contribution in [0.15, 0.2) is 24.3 Å². The van der Waals surface area contributed by atoms with Crippen molar-refractivity contribution < 1.29 is 14.3 Å². The molecule has 0 spiro atoms. The Balaban J connectivity index is 1.42. The van der Waals surface area contributed by atoms with E-state index >= 15 is 0 Å². The second kappa shape index (κ2) is 7.91. The predicted molar refractivity (Wildman–Crippen MR) is 94.3 cm³/mol. The molecule has 1 amide bonds. The Morgan fingerprint density at radius 1 is 1.17 bits per heavy atom. The van der Waals surface area contributed by atoms with Gasteiger partial charge in [0.25, 0.3) is 0 Å². The van der Waals surface area contributed by atoms with Gasteiger partial charge in [0, 0.05) is 19.5 Å². The average molecular weight is 331 g/mol. The van der Waals surface area contributed by atoms with Crippen molar-refractivity contribution in [3.63, 3.8) is 0 Å². The van der Waals surface area contributed by atoms with Crippen LogP contribution in [0.3, 0.4) is 0 Å². The first kappa shape index (κ1) is 17.1. The quantitative estimate of drug-likeness (QED) is 0.714. The SMILES string of the molecule is COc1ccccc1OCCCN(C)C(=O)[C@H]1CC[C@@H]2CCC[C@@H]21. The zero-order chi connectivity index (χ0) is 16.9. The zero-order valence-corrected chi connectivity index (χ0v) is 14.9. The molecule has 132 valence electrons. The third-order valence-corrected chi connectivity index (χ3v) is 5.74. The Morgan fingerprint density at radius 3 is 2.75 bits per heavy atom. The summed E-state index contributed by atoms with van der Waals surface area (Å²) in [6, 6.07) is 7.66. The van der Waals surface area contributed by atoms with E-state index in [4.69, 9.17) is 9.47 Å². The number of methoxy groups -OCH3 is 1. The molecule has 1 aromatic rings. The van der Waals surface area contributed by atoms with Crippen molar-refractivity contribution >= 4 is 5.91 Å². The highest BCUT2D eigenvalue weighted by Gasteiger charge is 2.43. The van der Waals surface area contributed by atoms with Crippen LogP contribution in [0.2, 0.25) is 0 Å². The molecule has 0 bridgehead atoms. The largest absolute Gasteiger partial charge is 0.493 e. The summed E-state index contributed by atoms with van der Waals surface area (Å²) in [6.07, 6.45) is 7.09. The van der Waals surface area contributed by atoms with Crippen LogP contribution in [0.5, 0.6) is 11.5 Å². The molecular weight excluding hydrogens is 302 g/mol. The number of rotatable bonds is 7. The highest BCUT2D eigenvalue weighted by atomic mass is 16.5. The highest BCUT2D eigenvalue weighted by Crippen LogP contribution is 2.48. The molecule has 4 nitrogen and oxygen atoms in total. The molecule has 2 aliphatic rings. The smallest absolute Gasteiger partial charge is 0.225 e. The Hall–Kier alpha value is -1.71. The molecule has 0 unspecified atom stereocenters. The highest BCUT2D eigenvalue weighted by molar-refractivity contribution is 5.79. The molecule has 4 heteroatoms. The number of carbonyl (C=O) groups excluding carboxylic acids is 1. The van der Waals surface area contributed by atoms with Gasteiger partial charge in [-0.2, -0.15) is 0 Å². The molecule has 3 atom stereocenters. The Kier molecular flexibility index (Phi) is 5.64. The molecule has 2 fully saturated rings. The number of hydrogen-bond donors (Lipinski definition) is 0. The zero-order valence-electron chi connectivity index (χ0n) is 14.9. The van der Waals surface area contributed by atoms with E-state index in [1.165, 1.54) is 25.7 Å². The third-order valence-electron chi connectivity index (χ3n) is 5.74. The van der Waals surface area contributed by atoms with E-state index in [0.29, 0.717) is 18.4 Å². The number of fused-ring (bicyclic) bond motifs is 1. The number of carbonyl (C=O) groups is 1.